The van der Waals surface area contributed by atoms with Crippen molar-refractivity contribution in [3.8, 4) is 11.3 Å². The van der Waals surface area contributed by atoms with Crippen molar-refractivity contribution in [2.24, 2.45) is 5.73 Å². The second-order valence-electron chi connectivity index (χ2n) is 5.35. The van der Waals surface area contributed by atoms with Gasteiger partial charge in [0.05, 0.1) is 5.69 Å². The number of nitrogens with zero attached hydrogens (tertiary/aromatic N) is 1. The van der Waals surface area contributed by atoms with E-state index in [2.05, 4.69) is 28.5 Å². The van der Waals surface area contributed by atoms with E-state index in [9.17, 15) is 4.79 Å². The number of carbonyl (C=O) groups excluding carboxylic acids is 1. The minimum atomic E-state index is -0.0771. The molecular weight excluding hydrogens is 282 g/mol. The van der Waals surface area contributed by atoms with Gasteiger partial charge in [0, 0.05) is 23.4 Å². The maximum Gasteiger partial charge on any atom is 0.227 e. The summed E-state index contributed by atoms with van der Waals surface area (Å²) in [5, 5.41) is 3.47. The zero-order valence-corrected chi connectivity index (χ0v) is 12.9. The van der Waals surface area contributed by atoms with Gasteiger partial charge in [-0.15, -0.1) is 11.3 Å². The zero-order chi connectivity index (χ0) is 14.8. The normalized spacial score (nSPS) is 13.2. The first-order valence-electron chi connectivity index (χ1n) is 7.27. The molecule has 1 aliphatic rings. The Morgan fingerprint density at radius 2 is 2.19 bits per heavy atom. The summed E-state index contributed by atoms with van der Waals surface area (Å²) in [4.78, 5) is 17.3. The highest BCUT2D eigenvalue weighted by atomic mass is 32.1. The molecule has 0 unspecified atom stereocenters. The number of aryl methyl sites for hydroxylation is 3. The molecule has 5 heteroatoms. The molecule has 1 aromatic heterocycles. The third-order valence-electron chi connectivity index (χ3n) is 3.79. The average molecular weight is 301 g/mol. The number of rotatable bonds is 4. The number of thiazole rings is 1. The van der Waals surface area contributed by atoms with Gasteiger partial charge in [-0.3, -0.25) is 4.79 Å². The van der Waals surface area contributed by atoms with Gasteiger partial charge in [-0.1, -0.05) is 12.1 Å². The van der Waals surface area contributed by atoms with E-state index in [-0.39, 0.29) is 5.91 Å². The molecule has 0 spiro atoms. The molecule has 3 rings (SSSR count). The van der Waals surface area contributed by atoms with Crippen molar-refractivity contribution in [2.45, 2.75) is 32.6 Å². The predicted octanol–water partition coefficient (Wildman–Crippen LogP) is 2.89. The van der Waals surface area contributed by atoms with Crippen LogP contribution in [0, 0.1) is 6.92 Å². The molecule has 1 heterocycles. The number of benzene rings is 1. The fourth-order valence-corrected chi connectivity index (χ4v) is 3.60. The summed E-state index contributed by atoms with van der Waals surface area (Å²) >= 11 is 1.51. The summed E-state index contributed by atoms with van der Waals surface area (Å²) in [6.45, 7) is 2.40. The second-order valence-corrected chi connectivity index (χ2v) is 6.55. The quantitative estimate of drug-likeness (QED) is 0.912. The lowest BCUT2D eigenvalue weighted by Gasteiger charge is -2.03. The van der Waals surface area contributed by atoms with Crippen molar-refractivity contribution in [3.05, 3.63) is 34.2 Å². The standard InChI is InChI=1S/C16H19N3OS/c1-10-15(19-16(21-10)18-14(20)7-8-17)13-6-5-11-3-2-4-12(11)9-13/h5-6,9H,2-4,7-8,17H2,1H3,(H,18,19,20). The number of nitrogens with two attached hydrogens (primary N) is 1. The van der Waals surface area contributed by atoms with Crippen LogP contribution in [0.5, 0.6) is 0 Å². The highest BCUT2D eigenvalue weighted by Gasteiger charge is 2.15. The van der Waals surface area contributed by atoms with Crippen molar-refractivity contribution in [1.29, 1.82) is 0 Å². The Morgan fingerprint density at radius 3 is 3.00 bits per heavy atom. The summed E-state index contributed by atoms with van der Waals surface area (Å²) in [5.74, 6) is -0.0771. The molecule has 0 saturated heterocycles. The molecule has 2 aromatic rings. The number of anilines is 1. The third kappa shape index (κ3) is 2.99. The van der Waals surface area contributed by atoms with Crippen LogP contribution in [0.15, 0.2) is 18.2 Å². The number of hydrogen-bond acceptors (Lipinski definition) is 4. The monoisotopic (exact) mass is 301 g/mol. The first-order valence-corrected chi connectivity index (χ1v) is 8.08. The van der Waals surface area contributed by atoms with Crippen molar-refractivity contribution >= 4 is 22.4 Å². The van der Waals surface area contributed by atoms with E-state index in [0.717, 1.165) is 22.6 Å². The van der Waals surface area contributed by atoms with Gasteiger partial charge < -0.3 is 11.1 Å². The maximum absolute atomic E-state index is 11.6. The topological polar surface area (TPSA) is 68.0 Å². The first-order chi connectivity index (χ1) is 10.2. The highest BCUT2D eigenvalue weighted by molar-refractivity contribution is 7.16. The molecule has 3 N–H and O–H groups in total. The van der Waals surface area contributed by atoms with Gasteiger partial charge in [-0.05, 0) is 43.4 Å². The molecular formula is C16H19N3OS. The van der Waals surface area contributed by atoms with Gasteiger partial charge in [-0.2, -0.15) is 0 Å². The van der Waals surface area contributed by atoms with Crippen LogP contribution in [0.25, 0.3) is 11.3 Å². The number of nitrogens with one attached hydrogen (secondary N) is 1. The lowest BCUT2D eigenvalue weighted by Crippen LogP contribution is -2.15. The van der Waals surface area contributed by atoms with E-state index in [0.29, 0.717) is 18.1 Å². The van der Waals surface area contributed by atoms with E-state index in [1.165, 1.54) is 35.3 Å². The molecule has 0 atom stereocenters. The number of hydrogen-bond donors (Lipinski definition) is 2. The molecule has 0 saturated carbocycles. The molecule has 1 amide bonds. The summed E-state index contributed by atoms with van der Waals surface area (Å²) in [5.41, 5.74) is 10.4. The second kappa shape index (κ2) is 5.95. The highest BCUT2D eigenvalue weighted by Crippen LogP contribution is 2.33. The zero-order valence-electron chi connectivity index (χ0n) is 12.1. The Kier molecular flexibility index (Phi) is 4.03. The van der Waals surface area contributed by atoms with Crippen LogP contribution in [0.4, 0.5) is 5.13 Å². The Bertz CT molecular complexity index is 678. The van der Waals surface area contributed by atoms with E-state index in [4.69, 9.17) is 5.73 Å². The molecule has 0 bridgehead atoms. The van der Waals surface area contributed by atoms with Crippen LogP contribution in [0.1, 0.15) is 28.8 Å². The number of carbonyl (C=O) groups is 1. The largest absolute Gasteiger partial charge is 0.330 e. The Hall–Kier alpha value is -1.72. The molecule has 0 radical (unpaired) electrons. The fraction of sp³-hybridized carbons (Fsp3) is 0.375. The van der Waals surface area contributed by atoms with Gasteiger partial charge in [0.25, 0.3) is 0 Å². The lowest BCUT2D eigenvalue weighted by atomic mass is 10.0. The van der Waals surface area contributed by atoms with Crippen LogP contribution in [-0.2, 0) is 17.6 Å². The van der Waals surface area contributed by atoms with Crippen LogP contribution < -0.4 is 11.1 Å². The first kappa shape index (κ1) is 14.2. The van der Waals surface area contributed by atoms with Crippen LogP contribution >= 0.6 is 11.3 Å². The van der Waals surface area contributed by atoms with Crippen molar-refractivity contribution in [3.63, 3.8) is 0 Å². The van der Waals surface area contributed by atoms with E-state index >= 15 is 0 Å². The van der Waals surface area contributed by atoms with Crippen molar-refractivity contribution < 1.29 is 4.79 Å². The van der Waals surface area contributed by atoms with Crippen LogP contribution in [-0.4, -0.2) is 17.4 Å². The number of aromatic nitrogens is 1. The molecule has 4 nitrogen and oxygen atoms in total. The predicted molar refractivity (Wildman–Crippen MR) is 86.6 cm³/mol. The molecule has 110 valence electrons. The Balaban J connectivity index is 1.85. The third-order valence-corrected chi connectivity index (χ3v) is 4.67. The summed E-state index contributed by atoms with van der Waals surface area (Å²) in [7, 11) is 0. The van der Waals surface area contributed by atoms with Crippen LogP contribution in [0.3, 0.4) is 0 Å². The Labute approximate surface area is 128 Å². The van der Waals surface area contributed by atoms with Crippen molar-refractivity contribution in [1.82, 2.24) is 4.98 Å². The van der Waals surface area contributed by atoms with Gasteiger partial charge in [0.1, 0.15) is 0 Å². The molecule has 1 aromatic carbocycles. The SMILES string of the molecule is Cc1sc(NC(=O)CCN)nc1-c1ccc2c(c1)CCC2. The van der Waals surface area contributed by atoms with Crippen molar-refractivity contribution in [2.75, 3.05) is 11.9 Å². The van der Waals surface area contributed by atoms with Crippen LogP contribution in [0.2, 0.25) is 0 Å². The number of fused-ring (bicyclic) bond motifs is 1. The smallest absolute Gasteiger partial charge is 0.227 e. The molecule has 1 aliphatic carbocycles. The lowest BCUT2D eigenvalue weighted by molar-refractivity contribution is -0.116. The number of amides is 1. The van der Waals surface area contributed by atoms with Gasteiger partial charge in [0.2, 0.25) is 5.91 Å². The minimum Gasteiger partial charge on any atom is -0.330 e. The average Bonchev–Trinajstić information content (AvgIpc) is 3.04. The summed E-state index contributed by atoms with van der Waals surface area (Å²) in [6, 6.07) is 6.59. The van der Waals surface area contributed by atoms with Gasteiger partial charge in [0.15, 0.2) is 5.13 Å². The summed E-state index contributed by atoms with van der Waals surface area (Å²) in [6.07, 6.45) is 3.92. The molecule has 0 fully saturated rings. The van der Waals surface area contributed by atoms with E-state index in [1.54, 1.807) is 0 Å². The summed E-state index contributed by atoms with van der Waals surface area (Å²) < 4.78 is 0. The Morgan fingerprint density at radius 1 is 1.38 bits per heavy atom. The molecule has 0 aliphatic heterocycles. The maximum atomic E-state index is 11.6. The van der Waals surface area contributed by atoms with E-state index < -0.39 is 0 Å². The molecule has 21 heavy (non-hydrogen) atoms. The fourth-order valence-electron chi connectivity index (χ4n) is 2.75. The minimum absolute atomic E-state index is 0.0771. The van der Waals surface area contributed by atoms with Gasteiger partial charge in [-0.25, -0.2) is 4.98 Å². The van der Waals surface area contributed by atoms with Gasteiger partial charge >= 0.3 is 0 Å². The van der Waals surface area contributed by atoms with E-state index in [1.807, 2.05) is 6.92 Å².